The van der Waals surface area contributed by atoms with Crippen molar-refractivity contribution in [1.82, 2.24) is 9.80 Å². The Morgan fingerprint density at radius 1 is 1.33 bits per heavy atom. The molecule has 1 aliphatic rings. The number of piperazine rings is 1. The summed E-state index contributed by atoms with van der Waals surface area (Å²) in [5.41, 5.74) is 0.679. The maximum absolute atomic E-state index is 13.8. The van der Waals surface area contributed by atoms with Gasteiger partial charge in [0, 0.05) is 43.3 Å². The maximum atomic E-state index is 13.8. The zero-order chi connectivity index (χ0) is 15.2. The fourth-order valence-corrected chi connectivity index (χ4v) is 2.88. The summed E-state index contributed by atoms with van der Waals surface area (Å²) in [6.07, 6.45) is 1.94. The molecule has 0 N–H and O–H groups in total. The molecule has 0 aliphatic carbocycles. The molecule has 1 fully saturated rings. The molecule has 1 unspecified atom stereocenters. The van der Waals surface area contributed by atoms with Crippen molar-refractivity contribution in [3.8, 4) is 6.07 Å². The summed E-state index contributed by atoms with van der Waals surface area (Å²) < 4.78 is 13.8. The van der Waals surface area contributed by atoms with Gasteiger partial charge in [0.2, 0.25) is 0 Å². The Labute approximate surface area is 130 Å². The van der Waals surface area contributed by atoms with Gasteiger partial charge in [-0.15, -0.1) is 0 Å². The Bertz CT molecular complexity index is 507. The van der Waals surface area contributed by atoms with Gasteiger partial charge in [0.1, 0.15) is 5.82 Å². The molecular formula is C16H21ClFN3. The van der Waals surface area contributed by atoms with Gasteiger partial charge < -0.3 is 0 Å². The zero-order valence-electron chi connectivity index (χ0n) is 12.4. The average Bonchev–Trinajstić information content (AvgIpc) is 2.48. The van der Waals surface area contributed by atoms with E-state index in [1.807, 2.05) is 0 Å². The summed E-state index contributed by atoms with van der Waals surface area (Å²) in [5.74, 6) is -0.245. The normalized spacial score (nSPS) is 18.4. The molecule has 1 saturated heterocycles. The van der Waals surface area contributed by atoms with Crippen molar-refractivity contribution in [3.05, 3.63) is 34.6 Å². The summed E-state index contributed by atoms with van der Waals surface area (Å²) in [5, 5.41) is 9.63. The molecule has 0 spiro atoms. The van der Waals surface area contributed by atoms with E-state index in [1.165, 1.54) is 6.07 Å². The van der Waals surface area contributed by atoms with Crippen molar-refractivity contribution in [2.45, 2.75) is 32.4 Å². The van der Waals surface area contributed by atoms with Crippen LogP contribution in [0.4, 0.5) is 4.39 Å². The number of hydrogen-bond acceptors (Lipinski definition) is 3. The van der Waals surface area contributed by atoms with Crippen molar-refractivity contribution in [1.29, 1.82) is 5.26 Å². The van der Waals surface area contributed by atoms with Crippen LogP contribution in [0.1, 0.15) is 25.3 Å². The minimum Gasteiger partial charge on any atom is -0.296 e. The minimum atomic E-state index is -0.245. The lowest BCUT2D eigenvalue weighted by molar-refractivity contribution is 0.105. The smallest absolute Gasteiger partial charge is 0.129 e. The molecule has 1 aromatic carbocycles. The molecule has 21 heavy (non-hydrogen) atoms. The van der Waals surface area contributed by atoms with Gasteiger partial charge in [0.25, 0.3) is 0 Å². The number of rotatable bonds is 5. The predicted octanol–water partition coefficient (Wildman–Crippen LogP) is 3.29. The minimum absolute atomic E-state index is 0.0180. The van der Waals surface area contributed by atoms with Crippen LogP contribution < -0.4 is 0 Å². The van der Waals surface area contributed by atoms with Gasteiger partial charge in [-0.2, -0.15) is 5.26 Å². The molecule has 114 valence electrons. The zero-order valence-corrected chi connectivity index (χ0v) is 13.1. The second kappa shape index (κ2) is 7.74. The van der Waals surface area contributed by atoms with Gasteiger partial charge in [-0.3, -0.25) is 9.80 Å². The molecule has 1 atom stereocenters. The van der Waals surface area contributed by atoms with Gasteiger partial charge in [-0.05, 0) is 18.6 Å². The van der Waals surface area contributed by atoms with Gasteiger partial charge >= 0.3 is 0 Å². The molecule has 0 radical (unpaired) electrons. The summed E-state index contributed by atoms with van der Waals surface area (Å²) >= 11 is 5.77. The van der Waals surface area contributed by atoms with Crippen LogP contribution in [0, 0.1) is 17.1 Å². The van der Waals surface area contributed by atoms with Crippen LogP contribution >= 0.6 is 11.6 Å². The van der Waals surface area contributed by atoms with Gasteiger partial charge in [0.15, 0.2) is 0 Å². The Hall–Kier alpha value is -1.15. The molecule has 0 bridgehead atoms. The van der Waals surface area contributed by atoms with E-state index in [9.17, 15) is 9.65 Å². The third kappa shape index (κ3) is 4.41. The molecule has 0 saturated carbocycles. The van der Waals surface area contributed by atoms with Crippen molar-refractivity contribution in [2.24, 2.45) is 0 Å². The van der Waals surface area contributed by atoms with Gasteiger partial charge in [-0.1, -0.05) is 31.0 Å². The van der Waals surface area contributed by atoms with E-state index in [4.69, 9.17) is 11.6 Å². The monoisotopic (exact) mass is 309 g/mol. The summed E-state index contributed by atoms with van der Waals surface area (Å²) in [4.78, 5) is 4.46. The quantitative estimate of drug-likeness (QED) is 0.836. The Kier molecular flexibility index (Phi) is 5.98. The SMILES string of the molecule is CCCC(C#N)N1CCN(Cc2ccc(Cl)cc2F)CC1. The second-order valence-electron chi connectivity index (χ2n) is 5.48. The highest BCUT2D eigenvalue weighted by atomic mass is 35.5. The molecule has 1 aliphatic heterocycles. The van der Waals surface area contributed by atoms with E-state index < -0.39 is 0 Å². The van der Waals surface area contributed by atoms with Crippen molar-refractivity contribution in [2.75, 3.05) is 26.2 Å². The van der Waals surface area contributed by atoms with Crippen LogP contribution in [0.2, 0.25) is 5.02 Å². The number of nitriles is 1. The number of benzene rings is 1. The molecule has 3 nitrogen and oxygen atoms in total. The van der Waals surface area contributed by atoms with E-state index in [0.29, 0.717) is 17.1 Å². The lowest BCUT2D eigenvalue weighted by atomic mass is 10.1. The van der Waals surface area contributed by atoms with Gasteiger partial charge in [-0.25, -0.2) is 4.39 Å². The van der Waals surface area contributed by atoms with Crippen LogP contribution in [0.25, 0.3) is 0 Å². The Morgan fingerprint density at radius 2 is 2.05 bits per heavy atom. The van der Waals surface area contributed by atoms with Crippen LogP contribution in [0.5, 0.6) is 0 Å². The van der Waals surface area contributed by atoms with Crippen LogP contribution in [-0.4, -0.2) is 42.0 Å². The largest absolute Gasteiger partial charge is 0.296 e. The standard InChI is InChI=1S/C16H21ClFN3/c1-2-3-15(11-19)21-8-6-20(7-9-21)12-13-4-5-14(17)10-16(13)18/h4-5,10,15H,2-3,6-9,12H2,1H3. The molecular weight excluding hydrogens is 289 g/mol. The highest BCUT2D eigenvalue weighted by Crippen LogP contribution is 2.18. The topological polar surface area (TPSA) is 30.3 Å². The van der Waals surface area contributed by atoms with Crippen LogP contribution in [0.15, 0.2) is 18.2 Å². The fraction of sp³-hybridized carbons (Fsp3) is 0.562. The Morgan fingerprint density at radius 3 is 2.62 bits per heavy atom. The Balaban J connectivity index is 1.88. The summed E-state index contributed by atoms with van der Waals surface area (Å²) in [6.45, 7) is 6.17. The predicted molar refractivity (Wildman–Crippen MR) is 82.6 cm³/mol. The third-order valence-corrected chi connectivity index (χ3v) is 4.20. The summed E-state index contributed by atoms with van der Waals surface area (Å²) in [7, 11) is 0. The van der Waals surface area contributed by atoms with Crippen molar-refractivity contribution < 1.29 is 4.39 Å². The highest BCUT2D eigenvalue weighted by molar-refractivity contribution is 6.30. The molecule has 1 heterocycles. The first-order chi connectivity index (χ1) is 10.1. The van der Waals surface area contributed by atoms with E-state index in [1.54, 1.807) is 12.1 Å². The van der Waals surface area contributed by atoms with Crippen molar-refractivity contribution >= 4 is 11.6 Å². The van der Waals surface area contributed by atoms with Crippen LogP contribution in [-0.2, 0) is 6.54 Å². The molecule has 2 rings (SSSR count). The molecule has 1 aromatic rings. The summed E-state index contributed by atoms with van der Waals surface area (Å²) in [6, 6.07) is 7.24. The number of nitrogens with zero attached hydrogens (tertiary/aromatic N) is 3. The number of halogens is 2. The third-order valence-electron chi connectivity index (χ3n) is 3.97. The molecule has 5 heteroatoms. The molecule has 0 amide bonds. The maximum Gasteiger partial charge on any atom is 0.129 e. The van der Waals surface area contributed by atoms with E-state index in [0.717, 1.165) is 39.0 Å². The lowest BCUT2D eigenvalue weighted by Gasteiger charge is -2.36. The number of hydrogen-bond donors (Lipinski definition) is 0. The van der Waals surface area contributed by atoms with E-state index in [2.05, 4.69) is 22.8 Å². The second-order valence-corrected chi connectivity index (χ2v) is 5.92. The first-order valence-electron chi connectivity index (χ1n) is 7.44. The van der Waals surface area contributed by atoms with Gasteiger partial charge in [0.05, 0.1) is 12.1 Å². The lowest BCUT2D eigenvalue weighted by Crippen LogP contribution is -2.49. The average molecular weight is 310 g/mol. The van der Waals surface area contributed by atoms with E-state index in [-0.39, 0.29) is 11.9 Å². The first-order valence-corrected chi connectivity index (χ1v) is 7.81. The fourth-order valence-electron chi connectivity index (χ4n) is 2.73. The van der Waals surface area contributed by atoms with Crippen molar-refractivity contribution in [3.63, 3.8) is 0 Å². The highest BCUT2D eigenvalue weighted by Gasteiger charge is 2.23. The van der Waals surface area contributed by atoms with E-state index >= 15 is 0 Å². The first kappa shape index (κ1) is 16.2. The molecule has 0 aromatic heterocycles. The van der Waals surface area contributed by atoms with Crippen LogP contribution in [0.3, 0.4) is 0 Å².